The number of esters is 1. The van der Waals surface area contributed by atoms with Crippen LogP contribution in [0.3, 0.4) is 0 Å². The summed E-state index contributed by atoms with van der Waals surface area (Å²) in [6.45, 7) is 1.30. The lowest BCUT2D eigenvalue weighted by molar-refractivity contribution is -0.155. The van der Waals surface area contributed by atoms with Gasteiger partial charge in [0.25, 0.3) is 5.91 Å². The normalized spacial score (nSPS) is 24.9. The van der Waals surface area contributed by atoms with Crippen molar-refractivity contribution in [2.45, 2.75) is 70.4 Å². The fourth-order valence-corrected chi connectivity index (χ4v) is 4.28. The van der Waals surface area contributed by atoms with Crippen LogP contribution in [-0.2, 0) is 23.9 Å². The summed E-state index contributed by atoms with van der Waals surface area (Å²) >= 11 is 0. The fraction of sp³-hybridized carbons (Fsp3) is 0.667. The number of fused-ring (bicyclic) bond motifs is 1. The summed E-state index contributed by atoms with van der Waals surface area (Å²) in [5, 5.41) is 4.94. The molecule has 0 aromatic rings. The van der Waals surface area contributed by atoms with Crippen LogP contribution in [0, 0.1) is 11.8 Å². The number of hydrogen-bond acceptors (Lipinski definition) is 6. The molecular weight excluding hydrogens is 390 g/mol. The highest BCUT2D eigenvalue weighted by molar-refractivity contribution is 6.05. The van der Waals surface area contributed by atoms with Crippen LogP contribution in [-0.4, -0.2) is 53.3 Å². The number of carbonyl (C=O) groups excluding carboxylic acids is 5. The number of allylic oxidation sites excluding steroid dienone is 2. The molecule has 2 fully saturated rings. The highest BCUT2D eigenvalue weighted by Gasteiger charge is 2.47. The SMILES string of the molecule is C[C@H](OC(=O)CCN1C(=O)[C@@H]2CC=CC[C@H]2C1=O)C(=O)NC(=O)NC1CCCCC1. The van der Waals surface area contributed by atoms with Crippen molar-refractivity contribution in [2.75, 3.05) is 6.54 Å². The van der Waals surface area contributed by atoms with E-state index in [1.165, 1.54) is 6.92 Å². The van der Waals surface area contributed by atoms with E-state index in [4.69, 9.17) is 4.74 Å². The first kappa shape index (κ1) is 22.0. The minimum absolute atomic E-state index is 0.0545. The Morgan fingerprint density at radius 3 is 2.27 bits per heavy atom. The molecule has 0 bridgehead atoms. The summed E-state index contributed by atoms with van der Waals surface area (Å²) in [4.78, 5) is 62.0. The molecule has 0 aromatic carbocycles. The molecule has 1 saturated carbocycles. The highest BCUT2D eigenvalue weighted by Crippen LogP contribution is 2.35. The Bertz CT molecular complexity index is 717. The summed E-state index contributed by atoms with van der Waals surface area (Å²) in [6.07, 6.45) is 8.53. The Labute approximate surface area is 175 Å². The van der Waals surface area contributed by atoms with Crippen molar-refractivity contribution in [3.8, 4) is 0 Å². The minimum atomic E-state index is -1.16. The lowest BCUT2D eigenvalue weighted by Gasteiger charge is -2.23. The topological polar surface area (TPSA) is 122 Å². The van der Waals surface area contributed by atoms with Crippen LogP contribution in [0.25, 0.3) is 0 Å². The number of nitrogens with one attached hydrogen (secondary N) is 2. The maximum atomic E-state index is 12.4. The Morgan fingerprint density at radius 2 is 1.67 bits per heavy atom. The zero-order valence-corrected chi connectivity index (χ0v) is 17.2. The highest BCUT2D eigenvalue weighted by atomic mass is 16.5. The molecule has 30 heavy (non-hydrogen) atoms. The second-order valence-electron chi connectivity index (χ2n) is 8.16. The first-order chi connectivity index (χ1) is 14.4. The zero-order valence-electron chi connectivity index (χ0n) is 17.2. The molecule has 9 heteroatoms. The number of ether oxygens (including phenoxy) is 1. The molecule has 3 atom stereocenters. The van der Waals surface area contributed by atoms with Gasteiger partial charge in [-0.1, -0.05) is 31.4 Å². The Balaban J connectivity index is 1.39. The van der Waals surface area contributed by atoms with Gasteiger partial charge in [0.15, 0.2) is 6.10 Å². The van der Waals surface area contributed by atoms with Gasteiger partial charge in [0.1, 0.15) is 0 Å². The number of hydrogen-bond donors (Lipinski definition) is 2. The lowest BCUT2D eigenvalue weighted by Crippen LogP contribution is -2.48. The number of amides is 5. The van der Waals surface area contributed by atoms with E-state index in [9.17, 15) is 24.0 Å². The van der Waals surface area contributed by atoms with Crippen molar-refractivity contribution in [2.24, 2.45) is 11.8 Å². The Morgan fingerprint density at radius 1 is 1.07 bits per heavy atom. The summed E-state index contributed by atoms with van der Waals surface area (Å²) < 4.78 is 5.06. The van der Waals surface area contributed by atoms with Gasteiger partial charge >= 0.3 is 12.0 Å². The zero-order chi connectivity index (χ0) is 21.7. The van der Waals surface area contributed by atoms with Gasteiger partial charge in [-0.3, -0.25) is 29.4 Å². The van der Waals surface area contributed by atoms with Gasteiger partial charge in [-0.25, -0.2) is 4.79 Å². The predicted molar refractivity (Wildman–Crippen MR) is 106 cm³/mol. The smallest absolute Gasteiger partial charge is 0.321 e. The van der Waals surface area contributed by atoms with E-state index in [1.54, 1.807) is 0 Å². The van der Waals surface area contributed by atoms with Crippen LogP contribution in [0.4, 0.5) is 4.79 Å². The number of urea groups is 1. The molecule has 3 rings (SSSR count). The molecule has 0 radical (unpaired) electrons. The van der Waals surface area contributed by atoms with Crippen molar-refractivity contribution in [1.82, 2.24) is 15.5 Å². The monoisotopic (exact) mass is 419 g/mol. The molecule has 1 heterocycles. The maximum Gasteiger partial charge on any atom is 0.321 e. The molecule has 0 spiro atoms. The van der Waals surface area contributed by atoms with Crippen LogP contribution in [0.15, 0.2) is 12.2 Å². The van der Waals surface area contributed by atoms with E-state index in [2.05, 4.69) is 10.6 Å². The average molecular weight is 419 g/mol. The van der Waals surface area contributed by atoms with E-state index in [-0.39, 0.29) is 42.7 Å². The first-order valence-corrected chi connectivity index (χ1v) is 10.7. The third-order valence-electron chi connectivity index (χ3n) is 5.99. The first-order valence-electron chi connectivity index (χ1n) is 10.7. The van der Waals surface area contributed by atoms with E-state index in [1.807, 2.05) is 12.2 Å². The van der Waals surface area contributed by atoms with Gasteiger partial charge < -0.3 is 10.1 Å². The second-order valence-corrected chi connectivity index (χ2v) is 8.16. The molecular formula is C21H29N3O6. The number of rotatable bonds is 6. The van der Waals surface area contributed by atoms with E-state index in [0.717, 1.165) is 37.0 Å². The molecule has 2 N–H and O–H groups in total. The van der Waals surface area contributed by atoms with E-state index >= 15 is 0 Å². The number of imide groups is 2. The predicted octanol–water partition coefficient (Wildman–Crippen LogP) is 1.42. The molecule has 0 aromatic heterocycles. The van der Waals surface area contributed by atoms with Crippen LogP contribution >= 0.6 is 0 Å². The number of nitrogens with zero attached hydrogens (tertiary/aromatic N) is 1. The average Bonchev–Trinajstić information content (AvgIpc) is 2.97. The third-order valence-corrected chi connectivity index (χ3v) is 5.99. The van der Waals surface area contributed by atoms with Crippen LogP contribution in [0.2, 0.25) is 0 Å². The van der Waals surface area contributed by atoms with Gasteiger partial charge in [0, 0.05) is 12.6 Å². The number of likely N-dealkylation sites (tertiary alicyclic amines) is 1. The van der Waals surface area contributed by atoms with Crippen molar-refractivity contribution >= 4 is 29.7 Å². The summed E-state index contributed by atoms with van der Waals surface area (Å²) in [5.41, 5.74) is 0. The molecule has 1 aliphatic heterocycles. The fourth-order valence-electron chi connectivity index (χ4n) is 4.28. The molecule has 5 amide bonds. The van der Waals surface area contributed by atoms with Crippen LogP contribution < -0.4 is 10.6 Å². The van der Waals surface area contributed by atoms with E-state index < -0.39 is 24.0 Å². The Kier molecular flexibility index (Phi) is 7.23. The van der Waals surface area contributed by atoms with Crippen molar-refractivity contribution in [1.29, 1.82) is 0 Å². The third kappa shape index (κ3) is 5.25. The van der Waals surface area contributed by atoms with Crippen molar-refractivity contribution in [3.05, 3.63) is 12.2 Å². The molecule has 2 aliphatic carbocycles. The van der Waals surface area contributed by atoms with Crippen molar-refractivity contribution in [3.63, 3.8) is 0 Å². The van der Waals surface area contributed by atoms with Gasteiger partial charge in [-0.2, -0.15) is 0 Å². The summed E-state index contributed by atoms with van der Waals surface area (Å²) in [7, 11) is 0. The van der Waals surface area contributed by atoms with Crippen molar-refractivity contribution < 1.29 is 28.7 Å². The standard InChI is InChI=1S/C21H29N3O6/c1-13(18(26)23-21(29)22-14-7-3-2-4-8-14)30-17(25)11-12-24-19(27)15-9-5-6-10-16(15)20(24)28/h5-6,13-16H,2-4,7-12H2,1H3,(H2,22,23,26,29)/t13-,15+,16+/m0/s1. The van der Waals surface area contributed by atoms with Crippen LogP contribution in [0.1, 0.15) is 58.3 Å². The number of carbonyl (C=O) groups is 5. The summed E-state index contributed by atoms with van der Waals surface area (Å²) in [5.74, 6) is -2.63. The second kappa shape index (κ2) is 9.86. The van der Waals surface area contributed by atoms with Gasteiger partial charge in [-0.05, 0) is 32.6 Å². The van der Waals surface area contributed by atoms with Gasteiger partial charge in [-0.15, -0.1) is 0 Å². The quantitative estimate of drug-likeness (QED) is 0.381. The minimum Gasteiger partial charge on any atom is -0.452 e. The van der Waals surface area contributed by atoms with Crippen LogP contribution in [0.5, 0.6) is 0 Å². The molecule has 0 unspecified atom stereocenters. The van der Waals surface area contributed by atoms with Gasteiger partial charge in [0.05, 0.1) is 18.3 Å². The van der Waals surface area contributed by atoms with Gasteiger partial charge in [0.2, 0.25) is 11.8 Å². The largest absolute Gasteiger partial charge is 0.452 e. The summed E-state index contributed by atoms with van der Waals surface area (Å²) in [6, 6.07) is -0.543. The molecule has 164 valence electrons. The molecule has 3 aliphatic rings. The lowest BCUT2D eigenvalue weighted by atomic mass is 9.85. The molecule has 9 nitrogen and oxygen atoms in total. The van der Waals surface area contributed by atoms with E-state index in [0.29, 0.717) is 12.8 Å². The molecule has 1 saturated heterocycles. The maximum absolute atomic E-state index is 12.4. The Hall–Kier alpha value is -2.71.